The van der Waals surface area contributed by atoms with Gasteiger partial charge in [0.1, 0.15) is 11.4 Å². The third kappa shape index (κ3) is 5.94. The van der Waals surface area contributed by atoms with Crippen molar-refractivity contribution in [1.82, 2.24) is 0 Å². The molecular formula is C14H15N3O9S3. The van der Waals surface area contributed by atoms with E-state index in [4.69, 9.17) is 18.0 Å². The highest BCUT2D eigenvalue weighted by molar-refractivity contribution is 7.86. The number of nitrogens with zero attached hydrogens (tertiary/aromatic N) is 2. The first-order chi connectivity index (χ1) is 13.5. The largest absolute Gasteiger partial charge is 0.492 e. The Labute approximate surface area is 168 Å². The number of methoxy groups -OCH3 is 1. The maximum Gasteiger partial charge on any atom is 0.316 e. The van der Waals surface area contributed by atoms with Crippen LogP contribution in [-0.2, 0) is 31.5 Å². The number of anilines is 1. The molecule has 12 nitrogen and oxygen atoms in total. The van der Waals surface area contributed by atoms with Gasteiger partial charge in [-0.2, -0.15) is 31.3 Å². The normalized spacial score (nSPS) is 13.2. The summed E-state index contributed by atoms with van der Waals surface area (Å²) in [5, 5.41) is 7.45. The molecule has 0 fully saturated rings. The second-order valence-electron chi connectivity index (χ2n) is 5.17. The fourth-order valence-corrected chi connectivity index (χ4v) is 3.91. The lowest BCUT2D eigenvalue weighted by molar-refractivity contribution is 0.418. The van der Waals surface area contributed by atoms with Crippen molar-refractivity contribution < 1.29 is 39.1 Å². The van der Waals surface area contributed by atoms with Gasteiger partial charge in [-0.15, -0.1) is 0 Å². The molecule has 0 amide bonds. The van der Waals surface area contributed by atoms with Crippen LogP contribution in [0, 0.1) is 0 Å². The number of azo groups is 1. The molecule has 158 valence electrons. The van der Waals surface area contributed by atoms with Gasteiger partial charge in [0.2, 0.25) is 0 Å². The fourth-order valence-electron chi connectivity index (χ4n) is 2.10. The lowest BCUT2D eigenvalue weighted by Crippen LogP contribution is -2.13. The Morgan fingerprint density at radius 2 is 1.62 bits per heavy atom. The van der Waals surface area contributed by atoms with Gasteiger partial charge in [-0.25, -0.2) is 0 Å². The molecule has 2 aromatic carbocycles. The van der Waals surface area contributed by atoms with Crippen molar-refractivity contribution in [2.24, 2.45) is 10.2 Å². The summed E-state index contributed by atoms with van der Waals surface area (Å²) in [4.78, 5) is -1.77. The van der Waals surface area contributed by atoms with Crippen molar-refractivity contribution in [2.75, 3.05) is 18.9 Å². The van der Waals surface area contributed by atoms with Gasteiger partial charge in [0.05, 0.1) is 22.6 Å². The summed E-state index contributed by atoms with van der Waals surface area (Å²) in [5.41, 5.74) is 0.496. The minimum Gasteiger partial charge on any atom is -0.492 e. The molecule has 0 aliphatic rings. The summed E-state index contributed by atoms with van der Waals surface area (Å²) in [5.74, 6) is -0.345. The average Bonchev–Trinajstić information content (AvgIpc) is 2.60. The lowest BCUT2D eigenvalue weighted by atomic mass is 10.2. The number of hydrogen-bond acceptors (Lipinski definition) is 9. The molecule has 0 spiro atoms. The minimum atomic E-state index is -4.84. The zero-order valence-corrected chi connectivity index (χ0v) is 17.3. The summed E-state index contributed by atoms with van der Waals surface area (Å²) in [6.07, 6.45) is 0. The molecule has 2 rings (SSSR count). The zero-order chi connectivity index (χ0) is 21.8. The molecule has 1 atom stereocenters. The van der Waals surface area contributed by atoms with Crippen LogP contribution in [0.25, 0.3) is 0 Å². The fraction of sp³-hybridized carbons (Fsp3) is 0.143. The summed E-state index contributed by atoms with van der Waals surface area (Å²) in [6.45, 7) is 0. The van der Waals surface area contributed by atoms with Gasteiger partial charge in [-0.1, -0.05) is 6.07 Å². The van der Waals surface area contributed by atoms with Gasteiger partial charge in [-0.05, 0) is 18.2 Å². The third-order valence-electron chi connectivity index (χ3n) is 3.22. The van der Waals surface area contributed by atoms with E-state index in [1.807, 2.05) is 0 Å². The Kier molecular flexibility index (Phi) is 6.91. The van der Waals surface area contributed by atoms with Crippen molar-refractivity contribution in [1.29, 1.82) is 0 Å². The summed E-state index contributed by atoms with van der Waals surface area (Å²) >= 11 is -2.37. The number of nitrogens with one attached hydrogen (secondary N) is 1. The smallest absolute Gasteiger partial charge is 0.316 e. The molecule has 29 heavy (non-hydrogen) atoms. The van der Waals surface area contributed by atoms with E-state index in [0.29, 0.717) is 11.8 Å². The molecule has 0 aromatic heterocycles. The first kappa shape index (κ1) is 22.7. The minimum absolute atomic E-state index is 0.177. The Hall–Kier alpha value is -2.59. The van der Waals surface area contributed by atoms with E-state index < -0.39 is 47.0 Å². The number of benzene rings is 2. The SMILES string of the molecule is CN=Nc1cccc(NS(=O)Oc2cc(S(=O)(=O)O)cc(S(=O)(=O)O)c2)c1OC. The molecule has 1 unspecified atom stereocenters. The molecule has 0 saturated carbocycles. The van der Waals surface area contributed by atoms with Gasteiger partial charge < -0.3 is 8.92 Å². The molecule has 0 aliphatic heterocycles. The van der Waals surface area contributed by atoms with Crippen LogP contribution >= 0.6 is 0 Å². The van der Waals surface area contributed by atoms with E-state index in [-0.39, 0.29) is 11.4 Å². The quantitative estimate of drug-likeness (QED) is 0.388. The zero-order valence-electron chi connectivity index (χ0n) is 14.8. The van der Waals surface area contributed by atoms with Crippen LogP contribution in [0.2, 0.25) is 0 Å². The summed E-state index contributed by atoms with van der Waals surface area (Å²) < 4.78 is 88.4. The van der Waals surface area contributed by atoms with E-state index in [1.54, 1.807) is 12.1 Å². The Morgan fingerprint density at radius 1 is 1.03 bits per heavy atom. The molecule has 0 aliphatic carbocycles. The lowest BCUT2D eigenvalue weighted by Gasteiger charge is -2.12. The van der Waals surface area contributed by atoms with Gasteiger partial charge >= 0.3 is 11.3 Å². The van der Waals surface area contributed by atoms with Crippen molar-refractivity contribution in [2.45, 2.75) is 9.79 Å². The van der Waals surface area contributed by atoms with Crippen LogP contribution in [0.4, 0.5) is 11.4 Å². The molecule has 15 heteroatoms. The topological polar surface area (TPSA) is 181 Å². The van der Waals surface area contributed by atoms with Crippen LogP contribution in [0.3, 0.4) is 0 Å². The number of para-hydroxylation sites is 1. The monoisotopic (exact) mass is 465 g/mol. The second-order valence-corrected chi connectivity index (χ2v) is 8.85. The highest BCUT2D eigenvalue weighted by Gasteiger charge is 2.20. The van der Waals surface area contributed by atoms with Crippen LogP contribution in [0.1, 0.15) is 0 Å². The highest BCUT2D eigenvalue weighted by atomic mass is 32.2. The van der Waals surface area contributed by atoms with Crippen LogP contribution < -0.4 is 13.6 Å². The molecule has 0 radical (unpaired) electrons. The van der Waals surface area contributed by atoms with Gasteiger partial charge in [0, 0.05) is 19.2 Å². The van der Waals surface area contributed by atoms with E-state index in [9.17, 15) is 21.0 Å². The molecule has 2 aromatic rings. The van der Waals surface area contributed by atoms with Crippen molar-refractivity contribution in [3.63, 3.8) is 0 Å². The van der Waals surface area contributed by atoms with Crippen molar-refractivity contribution in [3.05, 3.63) is 36.4 Å². The van der Waals surface area contributed by atoms with Crippen LogP contribution in [0.15, 0.2) is 56.4 Å². The molecular weight excluding hydrogens is 450 g/mol. The average molecular weight is 465 g/mol. The highest BCUT2D eigenvalue weighted by Crippen LogP contribution is 2.35. The van der Waals surface area contributed by atoms with Crippen LogP contribution in [0.5, 0.6) is 11.5 Å². The Bertz CT molecular complexity index is 1130. The molecule has 0 heterocycles. The molecule has 0 saturated heterocycles. The second kappa shape index (κ2) is 8.83. The van der Waals surface area contributed by atoms with Crippen molar-refractivity contribution in [3.8, 4) is 11.5 Å². The van der Waals surface area contributed by atoms with Gasteiger partial charge in [0.15, 0.2) is 5.75 Å². The maximum atomic E-state index is 12.3. The van der Waals surface area contributed by atoms with Crippen LogP contribution in [-0.4, -0.2) is 44.3 Å². The first-order valence-electron chi connectivity index (χ1n) is 7.39. The predicted molar refractivity (Wildman–Crippen MR) is 102 cm³/mol. The first-order valence-corrected chi connectivity index (χ1v) is 11.3. The Morgan fingerprint density at radius 3 is 2.10 bits per heavy atom. The number of ether oxygens (including phenoxy) is 1. The summed E-state index contributed by atoms with van der Waals surface area (Å²) in [6, 6.07) is 6.57. The predicted octanol–water partition coefficient (Wildman–Crippen LogP) is 1.97. The molecule has 3 N–H and O–H groups in total. The van der Waals surface area contributed by atoms with Gasteiger partial charge in [0.25, 0.3) is 20.2 Å². The summed E-state index contributed by atoms with van der Waals surface area (Å²) in [7, 11) is -6.91. The Balaban J connectivity index is 2.38. The maximum absolute atomic E-state index is 12.3. The van der Waals surface area contributed by atoms with E-state index in [1.165, 1.54) is 20.2 Å². The third-order valence-corrected chi connectivity index (χ3v) is 5.61. The number of hydrogen-bond donors (Lipinski definition) is 3. The van der Waals surface area contributed by atoms with E-state index in [2.05, 4.69) is 15.0 Å². The van der Waals surface area contributed by atoms with Gasteiger partial charge in [-0.3, -0.25) is 13.8 Å². The van der Waals surface area contributed by atoms with Crippen molar-refractivity contribution >= 4 is 42.9 Å². The number of rotatable bonds is 8. The van der Waals surface area contributed by atoms with E-state index >= 15 is 0 Å². The standard InChI is InChI=1S/C14H15N3O9S3/c1-15-16-12-4-3-5-13(14(12)25-2)17-27(18)26-9-6-10(28(19,20)21)8-11(7-9)29(22,23)24/h3-8,17H,1-2H3,(H,19,20,21)(H,22,23,24). The van der Waals surface area contributed by atoms with E-state index in [0.717, 1.165) is 12.1 Å². The molecule has 0 bridgehead atoms.